The molecule has 1 amide bonds. The average molecular weight is 983 g/mol. The fourth-order valence-corrected chi connectivity index (χ4v) is 9.45. The highest BCUT2D eigenvalue weighted by atomic mass is 16.7. The summed E-state index contributed by atoms with van der Waals surface area (Å²) >= 11 is 0. The summed E-state index contributed by atoms with van der Waals surface area (Å²) in [6, 6.07) is -1.18. The Kier molecular flexibility index (Phi) is 45.2. The molecule has 0 radical (unpaired) electrons. The largest absolute Gasteiger partial charge is 0.394 e. The van der Waals surface area contributed by atoms with Crippen molar-refractivity contribution in [2.75, 3.05) is 13.2 Å². The Balaban J connectivity index is 2.05. The van der Waals surface area contributed by atoms with Crippen molar-refractivity contribution in [3.8, 4) is 0 Å². The molecule has 1 saturated heterocycles. The number of aliphatic hydroxyl groups excluding tert-OH is 7. The summed E-state index contributed by atoms with van der Waals surface area (Å²) < 4.78 is 11.0. The first-order chi connectivity index (χ1) is 33.7. The summed E-state index contributed by atoms with van der Waals surface area (Å²) in [5.74, 6) is -0.708. The highest BCUT2D eigenvalue weighted by Crippen LogP contribution is 2.23. The molecule has 408 valence electrons. The van der Waals surface area contributed by atoms with Crippen LogP contribution in [0.2, 0.25) is 0 Å². The molecule has 1 aliphatic heterocycles. The van der Waals surface area contributed by atoms with Gasteiger partial charge in [0.2, 0.25) is 5.91 Å². The highest BCUT2D eigenvalue weighted by Gasteiger charge is 2.44. The van der Waals surface area contributed by atoms with Crippen LogP contribution >= 0.6 is 0 Å². The number of ether oxygens (including phenoxy) is 2. The molecule has 1 heterocycles. The fraction of sp³-hybridized carbons (Fsp3) is 0.914. The summed E-state index contributed by atoms with van der Waals surface area (Å²) in [5, 5.41) is 75.3. The lowest BCUT2D eigenvalue weighted by atomic mass is 9.98. The maximum atomic E-state index is 13.1. The van der Waals surface area contributed by atoms with E-state index in [-0.39, 0.29) is 12.8 Å². The van der Waals surface area contributed by atoms with E-state index in [1.165, 1.54) is 193 Å². The quantitative estimate of drug-likeness (QED) is 0.0215. The number of hydrogen-bond donors (Lipinski definition) is 8. The van der Waals surface area contributed by atoms with Gasteiger partial charge in [0.1, 0.15) is 36.6 Å². The van der Waals surface area contributed by atoms with E-state index in [4.69, 9.17) is 9.47 Å². The van der Waals surface area contributed by atoms with E-state index in [1.54, 1.807) is 0 Å². The minimum atomic E-state index is -1.66. The van der Waals surface area contributed by atoms with E-state index >= 15 is 0 Å². The van der Waals surface area contributed by atoms with Crippen LogP contribution in [0.25, 0.3) is 0 Å². The first kappa shape index (κ1) is 65.6. The average Bonchev–Trinajstić information content (AvgIpc) is 3.35. The summed E-state index contributed by atoms with van der Waals surface area (Å²) in [6.45, 7) is 3.31. The Morgan fingerprint density at radius 3 is 1.30 bits per heavy atom. The molecule has 69 heavy (non-hydrogen) atoms. The van der Waals surface area contributed by atoms with Gasteiger partial charge in [0.15, 0.2) is 6.29 Å². The van der Waals surface area contributed by atoms with Crippen LogP contribution in [-0.4, -0.2) is 110 Å². The summed E-state index contributed by atoms with van der Waals surface area (Å²) in [5.41, 5.74) is 0. The summed E-state index contributed by atoms with van der Waals surface area (Å²) in [4.78, 5) is 13.1. The molecule has 0 bridgehead atoms. The van der Waals surface area contributed by atoms with Crippen LogP contribution in [0.5, 0.6) is 0 Å². The SMILES string of the molecule is CCC/C=C/CCCC(O)C(O)C(COC1OC(CO)C(O)C(O)C1O)NC(=O)C(O)CCCCCCCCCCCCCCCCCC/C=C\CCCCCCCCCCCCCCCCCC. The van der Waals surface area contributed by atoms with E-state index in [0.717, 1.165) is 38.5 Å². The van der Waals surface area contributed by atoms with Crippen LogP contribution in [0, 0.1) is 0 Å². The number of amides is 1. The van der Waals surface area contributed by atoms with Crippen molar-refractivity contribution < 1.29 is 50.0 Å². The van der Waals surface area contributed by atoms with Crippen LogP contribution in [0.4, 0.5) is 0 Å². The summed E-state index contributed by atoms with van der Waals surface area (Å²) in [7, 11) is 0. The molecule has 0 aromatic heterocycles. The first-order valence-electron chi connectivity index (χ1n) is 29.2. The smallest absolute Gasteiger partial charge is 0.249 e. The minimum absolute atomic E-state index is 0.255. The standard InChI is InChI=1S/C58H111NO10/c1-3-5-7-9-11-12-13-14-15-16-17-18-19-20-21-22-23-24-25-26-27-28-29-30-31-32-33-34-35-36-37-38-39-40-42-44-46-51(62)57(67)59-49(53(63)50(61)45-43-41-10-8-6-4-2)48-68-58-56(66)55(65)54(64)52(47-60)69-58/h8,10,24-25,49-56,58,60-66H,3-7,9,11-23,26-48H2,1-2H3,(H,59,67)/b10-8+,25-24-. The van der Waals surface area contributed by atoms with Crippen LogP contribution in [-0.2, 0) is 14.3 Å². The lowest BCUT2D eigenvalue weighted by Crippen LogP contribution is -2.60. The topological polar surface area (TPSA) is 189 Å². The van der Waals surface area contributed by atoms with Crippen LogP contribution < -0.4 is 5.32 Å². The monoisotopic (exact) mass is 982 g/mol. The van der Waals surface area contributed by atoms with Gasteiger partial charge in [-0.1, -0.05) is 237 Å². The molecule has 9 unspecified atom stereocenters. The molecule has 11 heteroatoms. The molecule has 9 atom stereocenters. The summed E-state index contributed by atoms with van der Waals surface area (Å²) in [6.07, 6.45) is 46.3. The van der Waals surface area contributed by atoms with E-state index in [0.29, 0.717) is 12.8 Å². The molecule has 0 aliphatic carbocycles. The molecule has 0 aromatic rings. The van der Waals surface area contributed by atoms with E-state index in [1.807, 2.05) is 6.08 Å². The van der Waals surface area contributed by atoms with Gasteiger partial charge in [0.05, 0.1) is 25.4 Å². The Morgan fingerprint density at radius 2 is 0.884 bits per heavy atom. The predicted molar refractivity (Wildman–Crippen MR) is 284 cm³/mol. The number of hydrogen-bond acceptors (Lipinski definition) is 10. The van der Waals surface area contributed by atoms with E-state index < -0.39 is 74.2 Å². The molecular weight excluding hydrogens is 871 g/mol. The van der Waals surface area contributed by atoms with Crippen molar-refractivity contribution in [3.05, 3.63) is 24.3 Å². The number of nitrogens with one attached hydrogen (secondary N) is 1. The van der Waals surface area contributed by atoms with Crippen molar-refractivity contribution >= 4 is 5.91 Å². The number of aliphatic hydroxyl groups is 7. The number of carbonyl (C=O) groups excluding carboxylic acids is 1. The second kappa shape index (κ2) is 47.6. The van der Waals surface area contributed by atoms with Crippen molar-refractivity contribution in [1.29, 1.82) is 0 Å². The zero-order chi connectivity index (χ0) is 50.4. The zero-order valence-electron chi connectivity index (χ0n) is 44.6. The van der Waals surface area contributed by atoms with E-state index in [9.17, 15) is 40.5 Å². The second-order valence-electron chi connectivity index (χ2n) is 20.7. The van der Waals surface area contributed by atoms with Crippen molar-refractivity contribution in [2.24, 2.45) is 0 Å². The van der Waals surface area contributed by atoms with Crippen molar-refractivity contribution in [2.45, 2.75) is 326 Å². The normalized spacial score (nSPS) is 20.5. The number of allylic oxidation sites excluding steroid dienone is 4. The van der Waals surface area contributed by atoms with Gasteiger partial charge in [-0.15, -0.1) is 0 Å². The van der Waals surface area contributed by atoms with Crippen LogP contribution in [0.15, 0.2) is 24.3 Å². The molecule has 0 spiro atoms. The molecule has 11 nitrogen and oxygen atoms in total. The second-order valence-corrected chi connectivity index (χ2v) is 20.7. The molecule has 0 saturated carbocycles. The Hall–Kier alpha value is -1.41. The first-order valence-corrected chi connectivity index (χ1v) is 29.2. The van der Waals surface area contributed by atoms with Gasteiger partial charge in [-0.05, 0) is 57.8 Å². The lowest BCUT2D eigenvalue weighted by Gasteiger charge is -2.40. The van der Waals surface area contributed by atoms with Crippen LogP contribution in [0.1, 0.15) is 271 Å². The molecule has 8 N–H and O–H groups in total. The third kappa shape index (κ3) is 36.2. The Labute approximate surface area is 423 Å². The number of rotatable bonds is 50. The van der Waals surface area contributed by atoms with Gasteiger partial charge >= 0.3 is 0 Å². The van der Waals surface area contributed by atoms with E-state index in [2.05, 4.69) is 37.4 Å². The Bertz CT molecular complexity index is 1170. The highest BCUT2D eigenvalue weighted by molar-refractivity contribution is 5.80. The third-order valence-electron chi connectivity index (χ3n) is 14.2. The van der Waals surface area contributed by atoms with Gasteiger partial charge in [-0.25, -0.2) is 0 Å². The number of carbonyl (C=O) groups is 1. The predicted octanol–water partition coefficient (Wildman–Crippen LogP) is 12.1. The fourth-order valence-electron chi connectivity index (χ4n) is 9.45. The van der Waals surface area contributed by atoms with Crippen LogP contribution in [0.3, 0.4) is 0 Å². The molecule has 1 aliphatic rings. The third-order valence-corrected chi connectivity index (χ3v) is 14.2. The maximum absolute atomic E-state index is 13.1. The maximum Gasteiger partial charge on any atom is 0.249 e. The van der Waals surface area contributed by atoms with Crippen molar-refractivity contribution in [1.82, 2.24) is 5.32 Å². The molecular formula is C58H111NO10. The lowest BCUT2D eigenvalue weighted by molar-refractivity contribution is -0.303. The molecule has 1 fully saturated rings. The van der Waals surface area contributed by atoms with Gasteiger partial charge < -0.3 is 50.5 Å². The molecule has 0 aromatic carbocycles. The number of unbranched alkanes of at least 4 members (excludes halogenated alkanes) is 34. The molecule has 1 rings (SSSR count). The van der Waals surface area contributed by atoms with Gasteiger partial charge in [0, 0.05) is 0 Å². The minimum Gasteiger partial charge on any atom is -0.394 e. The zero-order valence-corrected chi connectivity index (χ0v) is 44.6. The van der Waals surface area contributed by atoms with Gasteiger partial charge in [0.25, 0.3) is 0 Å². The van der Waals surface area contributed by atoms with Crippen molar-refractivity contribution in [3.63, 3.8) is 0 Å². The van der Waals surface area contributed by atoms with Gasteiger partial charge in [-0.3, -0.25) is 4.79 Å². The van der Waals surface area contributed by atoms with Gasteiger partial charge in [-0.2, -0.15) is 0 Å². The Morgan fingerprint density at radius 1 is 0.493 bits per heavy atom.